The van der Waals surface area contributed by atoms with Gasteiger partial charge in [0.25, 0.3) is 0 Å². The van der Waals surface area contributed by atoms with Crippen LogP contribution in [-0.2, 0) is 19.1 Å². The van der Waals surface area contributed by atoms with Crippen LogP contribution < -0.4 is 18.9 Å². The molecule has 0 bridgehead atoms. The van der Waals surface area contributed by atoms with Crippen molar-refractivity contribution >= 4 is 11.9 Å². The molecular formula is C10H13LiO4. The van der Waals surface area contributed by atoms with E-state index in [0.29, 0.717) is 12.8 Å². The number of rotatable bonds is 5. The Kier molecular flexibility index (Phi) is 10.4. The maximum Gasteiger partial charge on any atom is 1.00 e. The predicted molar refractivity (Wildman–Crippen MR) is 50.0 cm³/mol. The van der Waals surface area contributed by atoms with E-state index < -0.39 is 11.9 Å². The third-order valence-electron chi connectivity index (χ3n) is 1.61. The van der Waals surface area contributed by atoms with Crippen molar-refractivity contribution in [1.29, 1.82) is 0 Å². The molecule has 0 unspecified atom stereocenters. The van der Waals surface area contributed by atoms with Crippen LogP contribution in [0, 0.1) is 18.3 Å². The summed E-state index contributed by atoms with van der Waals surface area (Å²) in [7, 11) is 2.43. The Morgan fingerprint density at radius 3 is 2.07 bits per heavy atom. The van der Waals surface area contributed by atoms with Gasteiger partial charge in [-0.15, -0.1) is 18.8 Å². The van der Waals surface area contributed by atoms with E-state index in [2.05, 4.69) is 15.4 Å². The zero-order valence-electron chi connectivity index (χ0n) is 9.33. The summed E-state index contributed by atoms with van der Waals surface area (Å²) in [6.45, 7) is 0. The molecule has 0 aromatic heterocycles. The number of methoxy groups -OCH3 is 2. The van der Waals surface area contributed by atoms with Gasteiger partial charge in [0, 0.05) is 6.42 Å². The van der Waals surface area contributed by atoms with Crippen LogP contribution in [0.2, 0.25) is 0 Å². The first kappa shape index (κ1) is 16.4. The number of terminal acetylenes is 1. The van der Waals surface area contributed by atoms with Gasteiger partial charge in [0.2, 0.25) is 0 Å². The molecule has 0 saturated carbocycles. The van der Waals surface area contributed by atoms with Gasteiger partial charge in [0.15, 0.2) is 11.9 Å². The van der Waals surface area contributed by atoms with Gasteiger partial charge in [-0.2, -0.15) is 5.92 Å². The van der Waals surface area contributed by atoms with Gasteiger partial charge in [-0.25, -0.2) is 0 Å². The van der Waals surface area contributed by atoms with E-state index in [4.69, 9.17) is 6.42 Å². The van der Waals surface area contributed by atoms with Crippen molar-refractivity contribution in [3.63, 3.8) is 0 Å². The Bertz CT molecular complexity index is 228. The van der Waals surface area contributed by atoms with Crippen molar-refractivity contribution in [3.8, 4) is 12.3 Å². The molecule has 5 heteroatoms. The zero-order chi connectivity index (χ0) is 11.0. The minimum Gasteiger partial charge on any atom is -0.491 e. The summed E-state index contributed by atoms with van der Waals surface area (Å²) in [6, 6.07) is 0. The van der Waals surface area contributed by atoms with Crippen LogP contribution in [0.1, 0.15) is 19.3 Å². The predicted octanol–water partition coefficient (Wildman–Crippen LogP) is -2.29. The second-order valence-corrected chi connectivity index (χ2v) is 2.52. The number of esters is 2. The fourth-order valence-electron chi connectivity index (χ4n) is 0.901. The van der Waals surface area contributed by atoms with E-state index in [9.17, 15) is 9.59 Å². The number of hydrogen-bond donors (Lipinski definition) is 0. The fraction of sp³-hybridized carbons (Fsp3) is 0.500. The summed E-state index contributed by atoms with van der Waals surface area (Å²) in [4.78, 5) is 22.2. The summed E-state index contributed by atoms with van der Waals surface area (Å²) in [5, 5.41) is 0. The van der Waals surface area contributed by atoms with Gasteiger partial charge < -0.3 is 9.47 Å². The average molecular weight is 204 g/mol. The molecule has 0 fully saturated rings. The van der Waals surface area contributed by atoms with Crippen LogP contribution in [0.3, 0.4) is 0 Å². The van der Waals surface area contributed by atoms with Gasteiger partial charge in [-0.1, -0.05) is 6.42 Å². The summed E-state index contributed by atoms with van der Waals surface area (Å²) in [6.07, 6.45) is 6.40. The molecule has 0 saturated heterocycles. The fourth-order valence-corrected chi connectivity index (χ4v) is 0.901. The topological polar surface area (TPSA) is 52.6 Å². The molecule has 0 amide bonds. The monoisotopic (exact) mass is 204 g/mol. The normalized spacial score (nSPS) is 8.07. The van der Waals surface area contributed by atoms with E-state index in [1.165, 1.54) is 14.2 Å². The van der Waals surface area contributed by atoms with Gasteiger partial charge in [0.05, 0.1) is 14.2 Å². The SMILES string of the molecule is C#CCCC[C-](C(=O)OC)C(=O)OC.[Li+]. The third kappa shape index (κ3) is 6.12. The quantitative estimate of drug-likeness (QED) is 0.126. The number of hydrogen-bond acceptors (Lipinski definition) is 4. The maximum absolute atomic E-state index is 11.1. The molecule has 0 aromatic rings. The largest absolute Gasteiger partial charge is 1.00 e. The van der Waals surface area contributed by atoms with Crippen LogP contribution in [-0.4, -0.2) is 26.2 Å². The Morgan fingerprint density at radius 1 is 1.27 bits per heavy atom. The summed E-state index contributed by atoms with van der Waals surface area (Å²) in [5.74, 6) is 1.11. The molecule has 0 rings (SSSR count). The van der Waals surface area contributed by atoms with Crippen molar-refractivity contribution in [2.45, 2.75) is 19.3 Å². The van der Waals surface area contributed by atoms with Crippen molar-refractivity contribution in [2.24, 2.45) is 0 Å². The number of carbonyl (C=O) groups excluding carboxylic acids is 2. The minimum atomic E-state index is -0.658. The number of carbonyl (C=O) groups is 2. The number of unbranched alkanes of at least 4 members (excludes halogenated alkanes) is 1. The van der Waals surface area contributed by atoms with E-state index >= 15 is 0 Å². The van der Waals surface area contributed by atoms with Crippen molar-refractivity contribution in [1.82, 2.24) is 0 Å². The van der Waals surface area contributed by atoms with E-state index in [-0.39, 0.29) is 31.2 Å². The van der Waals surface area contributed by atoms with Crippen LogP contribution in [0.5, 0.6) is 0 Å². The van der Waals surface area contributed by atoms with E-state index in [1.54, 1.807) is 0 Å². The molecule has 0 N–H and O–H groups in total. The molecule has 0 heterocycles. The molecule has 0 aromatic carbocycles. The first-order valence-electron chi connectivity index (χ1n) is 4.13. The molecule has 0 radical (unpaired) electrons. The van der Waals surface area contributed by atoms with Crippen LogP contribution >= 0.6 is 0 Å². The Hall–Kier alpha value is -1.03. The minimum absolute atomic E-state index is 0. The van der Waals surface area contributed by atoms with Crippen molar-refractivity contribution < 1.29 is 37.9 Å². The first-order chi connectivity index (χ1) is 6.67. The molecule has 15 heavy (non-hydrogen) atoms. The summed E-state index contributed by atoms with van der Waals surface area (Å²) >= 11 is 0. The van der Waals surface area contributed by atoms with Gasteiger partial charge >= 0.3 is 18.9 Å². The van der Waals surface area contributed by atoms with E-state index in [1.807, 2.05) is 0 Å². The molecule has 0 aliphatic rings. The average Bonchev–Trinajstić information content (AvgIpc) is 2.22. The Morgan fingerprint density at radius 2 is 1.73 bits per heavy atom. The standard InChI is InChI=1S/C10H13O4.Li/c1-4-5-6-7-8(9(11)13-2)10(12)14-3;/h1H,5-7H2,2-3H3;/q-1;+1. The Labute approximate surface area is 102 Å². The molecule has 0 atom stereocenters. The summed E-state index contributed by atoms with van der Waals surface area (Å²) in [5.41, 5.74) is 0. The first-order valence-corrected chi connectivity index (χ1v) is 4.13. The molecule has 0 aliphatic heterocycles. The van der Waals surface area contributed by atoms with Crippen LogP contribution in [0.15, 0.2) is 0 Å². The van der Waals surface area contributed by atoms with E-state index in [0.717, 1.165) is 0 Å². The van der Waals surface area contributed by atoms with Crippen molar-refractivity contribution in [3.05, 3.63) is 5.92 Å². The van der Waals surface area contributed by atoms with Crippen molar-refractivity contribution in [2.75, 3.05) is 14.2 Å². The number of ether oxygens (including phenoxy) is 2. The zero-order valence-corrected chi connectivity index (χ0v) is 9.33. The second kappa shape index (κ2) is 9.52. The van der Waals surface area contributed by atoms with Crippen LogP contribution in [0.4, 0.5) is 0 Å². The smallest absolute Gasteiger partial charge is 0.491 e. The Balaban J connectivity index is 0. The molecular weight excluding hydrogens is 191 g/mol. The molecule has 0 aliphatic carbocycles. The van der Waals surface area contributed by atoms with Gasteiger partial charge in [-0.05, 0) is 0 Å². The molecule has 4 nitrogen and oxygen atoms in total. The van der Waals surface area contributed by atoms with Gasteiger partial charge in [-0.3, -0.25) is 9.59 Å². The van der Waals surface area contributed by atoms with Gasteiger partial charge in [0.1, 0.15) is 0 Å². The molecule has 78 valence electrons. The van der Waals surface area contributed by atoms with Crippen LogP contribution in [0.25, 0.3) is 0 Å². The summed E-state index contributed by atoms with van der Waals surface area (Å²) < 4.78 is 8.88. The third-order valence-corrected chi connectivity index (χ3v) is 1.61. The second-order valence-electron chi connectivity index (χ2n) is 2.52. The maximum atomic E-state index is 11.1. The molecule has 0 spiro atoms.